The highest BCUT2D eigenvalue weighted by atomic mass is 79.9. The molecule has 2 aromatic rings. The number of rotatable bonds is 3. The Labute approximate surface area is 100 Å². The van der Waals surface area contributed by atoms with Crippen LogP contribution in [0.1, 0.15) is 5.56 Å². The summed E-state index contributed by atoms with van der Waals surface area (Å²) in [6.45, 7) is 0.462. The maximum Gasteiger partial charge on any atom is 0.119 e. The fraction of sp³-hybridized carbons (Fsp3) is 0.100. The number of benzene rings is 1. The summed E-state index contributed by atoms with van der Waals surface area (Å²) in [5.41, 5.74) is 6.63. The molecule has 15 heavy (non-hydrogen) atoms. The van der Waals surface area contributed by atoms with Gasteiger partial charge in [0.15, 0.2) is 0 Å². The summed E-state index contributed by atoms with van der Waals surface area (Å²) in [6.07, 6.45) is 1.73. The number of nitrogens with zero attached hydrogens (tertiary/aromatic N) is 1. The summed E-state index contributed by atoms with van der Waals surface area (Å²) < 4.78 is 10.6. The van der Waals surface area contributed by atoms with Crippen molar-refractivity contribution < 1.29 is 4.74 Å². The minimum absolute atomic E-state index is 0.462. The smallest absolute Gasteiger partial charge is 0.119 e. The fourth-order valence-electron chi connectivity index (χ4n) is 1.07. The maximum atomic E-state index is 5.70. The molecule has 78 valence electrons. The van der Waals surface area contributed by atoms with Crippen LogP contribution >= 0.6 is 27.5 Å². The molecule has 0 saturated heterocycles. The standard InChI is InChI=1S/C10H9BrN2OS/c11-8-1-3-9(4-2-8)14-6-7-5-13-15-10(7)12/h1-5H,6,12H2. The van der Waals surface area contributed by atoms with Gasteiger partial charge in [0.1, 0.15) is 17.4 Å². The van der Waals surface area contributed by atoms with Crippen molar-refractivity contribution in [3.63, 3.8) is 0 Å². The van der Waals surface area contributed by atoms with E-state index in [0.29, 0.717) is 11.6 Å². The zero-order valence-electron chi connectivity index (χ0n) is 7.81. The Bertz CT molecular complexity index is 441. The zero-order valence-corrected chi connectivity index (χ0v) is 10.2. The maximum absolute atomic E-state index is 5.70. The lowest BCUT2D eigenvalue weighted by atomic mass is 10.3. The highest BCUT2D eigenvalue weighted by Crippen LogP contribution is 2.20. The third-order valence-corrected chi connectivity index (χ3v) is 3.08. The van der Waals surface area contributed by atoms with Gasteiger partial charge < -0.3 is 10.5 Å². The van der Waals surface area contributed by atoms with Gasteiger partial charge in [-0.1, -0.05) is 15.9 Å². The summed E-state index contributed by atoms with van der Waals surface area (Å²) in [7, 11) is 0. The Morgan fingerprint density at radius 3 is 2.67 bits per heavy atom. The van der Waals surface area contributed by atoms with E-state index in [1.165, 1.54) is 11.5 Å². The molecule has 0 fully saturated rings. The summed E-state index contributed by atoms with van der Waals surface area (Å²) in [5, 5.41) is 0.715. The van der Waals surface area contributed by atoms with E-state index < -0.39 is 0 Å². The number of ether oxygens (including phenoxy) is 1. The van der Waals surface area contributed by atoms with Crippen LogP contribution in [0.5, 0.6) is 5.75 Å². The molecule has 2 rings (SSSR count). The molecule has 5 heteroatoms. The van der Waals surface area contributed by atoms with Crippen LogP contribution in [-0.2, 0) is 6.61 Å². The van der Waals surface area contributed by atoms with Crippen LogP contribution in [0.25, 0.3) is 0 Å². The van der Waals surface area contributed by atoms with Crippen LogP contribution in [0.15, 0.2) is 34.9 Å². The van der Waals surface area contributed by atoms with Crippen LogP contribution in [0.3, 0.4) is 0 Å². The fourth-order valence-corrected chi connectivity index (χ4v) is 1.86. The Morgan fingerprint density at radius 2 is 2.07 bits per heavy atom. The van der Waals surface area contributed by atoms with E-state index in [1.807, 2.05) is 24.3 Å². The quantitative estimate of drug-likeness (QED) is 0.942. The molecule has 0 radical (unpaired) electrons. The van der Waals surface area contributed by atoms with Gasteiger partial charge in [0.2, 0.25) is 0 Å². The largest absolute Gasteiger partial charge is 0.489 e. The minimum atomic E-state index is 0.462. The number of anilines is 1. The van der Waals surface area contributed by atoms with Gasteiger partial charge in [-0.3, -0.25) is 0 Å². The van der Waals surface area contributed by atoms with Crippen LogP contribution in [0.2, 0.25) is 0 Å². The van der Waals surface area contributed by atoms with E-state index in [9.17, 15) is 0 Å². The average Bonchev–Trinajstić information content (AvgIpc) is 2.63. The third kappa shape index (κ3) is 2.70. The average molecular weight is 285 g/mol. The predicted octanol–water partition coefficient (Wildman–Crippen LogP) is 3.07. The van der Waals surface area contributed by atoms with E-state index in [4.69, 9.17) is 10.5 Å². The van der Waals surface area contributed by atoms with E-state index >= 15 is 0 Å². The second-order valence-corrected chi connectivity index (χ2v) is 4.71. The molecule has 1 aromatic carbocycles. The Morgan fingerprint density at radius 1 is 1.33 bits per heavy atom. The number of nitrogen functional groups attached to an aromatic ring is 1. The third-order valence-electron chi connectivity index (χ3n) is 1.88. The highest BCUT2D eigenvalue weighted by Gasteiger charge is 2.02. The highest BCUT2D eigenvalue weighted by molar-refractivity contribution is 9.10. The second kappa shape index (κ2) is 4.63. The molecule has 0 aliphatic rings. The Balaban J connectivity index is 1.99. The topological polar surface area (TPSA) is 48.1 Å². The molecule has 0 amide bonds. The molecule has 0 aliphatic heterocycles. The summed E-state index contributed by atoms with van der Waals surface area (Å²) in [4.78, 5) is 0. The van der Waals surface area contributed by atoms with Gasteiger partial charge in [-0.15, -0.1) is 0 Å². The molecule has 0 unspecified atom stereocenters. The first-order valence-corrected chi connectivity index (χ1v) is 5.90. The number of aromatic nitrogens is 1. The zero-order chi connectivity index (χ0) is 10.7. The SMILES string of the molecule is Nc1sncc1COc1ccc(Br)cc1. The van der Waals surface area contributed by atoms with Crippen molar-refractivity contribution in [2.24, 2.45) is 0 Å². The van der Waals surface area contributed by atoms with E-state index in [2.05, 4.69) is 20.3 Å². The molecule has 0 saturated carbocycles. The normalized spacial score (nSPS) is 10.2. The number of hydrogen-bond acceptors (Lipinski definition) is 4. The molecule has 2 N–H and O–H groups in total. The lowest BCUT2D eigenvalue weighted by Crippen LogP contribution is -1.96. The molecule has 0 aliphatic carbocycles. The van der Waals surface area contributed by atoms with Gasteiger partial charge in [-0.25, -0.2) is 0 Å². The van der Waals surface area contributed by atoms with E-state index in [-0.39, 0.29) is 0 Å². The van der Waals surface area contributed by atoms with Crippen molar-refractivity contribution in [3.8, 4) is 5.75 Å². The lowest BCUT2D eigenvalue weighted by molar-refractivity contribution is 0.307. The monoisotopic (exact) mass is 284 g/mol. The van der Waals surface area contributed by atoms with Gasteiger partial charge >= 0.3 is 0 Å². The van der Waals surface area contributed by atoms with Gasteiger partial charge in [-0.2, -0.15) is 4.37 Å². The summed E-state index contributed by atoms with van der Waals surface area (Å²) in [5.74, 6) is 0.823. The number of nitrogens with two attached hydrogens (primary N) is 1. The first-order chi connectivity index (χ1) is 7.25. The first kappa shape index (κ1) is 10.4. The Hall–Kier alpha value is -1.07. The molecule has 0 spiro atoms. The van der Waals surface area contributed by atoms with Crippen molar-refractivity contribution in [1.29, 1.82) is 0 Å². The van der Waals surface area contributed by atoms with Crippen molar-refractivity contribution in [2.75, 3.05) is 5.73 Å². The van der Waals surface area contributed by atoms with E-state index in [1.54, 1.807) is 6.20 Å². The predicted molar refractivity (Wildman–Crippen MR) is 65.0 cm³/mol. The van der Waals surface area contributed by atoms with Crippen molar-refractivity contribution in [1.82, 2.24) is 4.37 Å². The molecule has 0 bridgehead atoms. The van der Waals surface area contributed by atoms with Crippen molar-refractivity contribution in [2.45, 2.75) is 6.61 Å². The van der Waals surface area contributed by atoms with Crippen LogP contribution in [0.4, 0.5) is 5.00 Å². The van der Waals surface area contributed by atoms with Gasteiger partial charge in [0.05, 0.1) is 0 Å². The van der Waals surface area contributed by atoms with Crippen LogP contribution in [0, 0.1) is 0 Å². The minimum Gasteiger partial charge on any atom is -0.489 e. The van der Waals surface area contributed by atoms with Gasteiger partial charge in [-0.05, 0) is 35.8 Å². The van der Waals surface area contributed by atoms with Crippen LogP contribution in [-0.4, -0.2) is 4.37 Å². The summed E-state index contributed by atoms with van der Waals surface area (Å²) in [6, 6.07) is 7.68. The van der Waals surface area contributed by atoms with E-state index in [0.717, 1.165) is 15.8 Å². The van der Waals surface area contributed by atoms with Crippen molar-refractivity contribution in [3.05, 3.63) is 40.5 Å². The molecule has 3 nitrogen and oxygen atoms in total. The number of hydrogen-bond donors (Lipinski definition) is 1. The van der Waals surface area contributed by atoms with Gasteiger partial charge in [0.25, 0.3) is 0 Å². The lowest BCUT2D eigenvalue weighted by Gasteiger charge is -2.04. The van der Waals surface area contributed by atoms with Crippen LogP contribution < -0.4 is 10.5 Å². The molecular formula is C10H9BrN2OS. The Kier molecular flexibility index (Phi) is 3.23. The molecular weight excluding hydrogens is 276 g/mol. The molecule has 0 atom stereocenters. The molecule has 1 heterocycles. The second-order valence-electron chi connectivity index (χ2n) is 2.96. The number of halogens is 1. The summed E-state index contributed by atoms with van der Waals surface area (Å²) >= 11 is 4.65. The first-order valence-electron chi connectivity index (χ1n) is 4.33. The molecule has 1 aromatic heterocycles. The van der Waals surface area contributed by atoms with Crippen molar-refractivity contribution >= 4 is 32.5 Å². The van der Waals surface area contributed by atoms with Gasteiger partial charge in [0, 0.05) is 16.2 Å².